The topological polar surface area (TPSA) is 94.1 Å². The van der Waals surface area contributed by atoms with Crippen LogP contribution in [0, 0.1) is 10.1 Å². The number of nitrogens with zero attached hydrogens (tertiary/aromatic N) is 2. The lowest BCUT2D eigenvalue weighted by Crippen LogP contribution is -2.00. The first-order chi connectivity index (χ1) is 8.69. The van der Waals surface area contributed by atoms with Crippen LogP contribution < -0.4 is 11.1 Å². The van der Waals surface area contributed by atoms with Crippen molar-refractivity contribution < 1.29 is 4.92 Å². The third kappa shape index (κ3) is 3.02. The van der Waals surface area contributed by atoms with Gasteiger partial charge in [0.2, 0.25) is 0 Å². The molecule has 0 amide bonds. The van der Waals surface area contributed by atoms with Crippen LogP contribution in [0.3, 0.4) is 0 Å². The van der Waals surface area contributed by atoms with Crippen LogP contribution in [0.5, 0.6) is 0 Å². The normalized spacial score (nSPS) is 10.3. The minimum atomic E-state index is -0.446. The number of nitro groups is 1. The Morgan fingerprint density at radius 1 is 1.33 bits per heavy atom. The molecule has 0 unspecified atom stereocenters. The Morgan fingerprint density at radius 3 is 2.56 bits per heavy atom. The molecule has 6 nitrogen and oxygen atoms in total. The molecule has 0 bridgehead atoms. The standard InChI is InChI=1S/C11H12N4O2S/c12-5-8-1-3-9(4-2-8)6-13-11-14-7-10(18-11)15(16)17/h1-4,7H,5-6,12H2,(H,13,14). The first-order valence-electron chi connectivity index (χ1n) is 5.31. The highest BCUT2D eigenvalue weighted by atomic mass is 32.1. The van der Waals surface area contributed by atoms with Crippen LogP contribution >= 0.6 is 11.3 Å². The lowest BCUT2D eigenvalue weighted by Gasteiger charge is -2.03. The Kier molecular flexibility index (Phi) is 3.85. The second kappa shape index (κ2) is 5.56. The van der Waals surface area contributed by atoms with Crippen molar-refractivity contribution in [1.82, 2.24) is 4.98 Å². The van der Waals surface area contributed by atoms with Crippen molar-refractivity contribution in [2.75, 3.05) is 5.32 Å². The van der Waals surface area contributed by atoms with E-state index in [1.807, 2.05) is 24.3 Å². The van der Waals surface area contributed by atoms with Crippen molar-refractivity contribution in [3.05, 3.63) is 51.7 Å². The van der Waals surface area contributed by atoms with E-state index in [9.17, 15) is 10.1 Å². The van der Waals surface area contributed by atoms with E-state index in [1.54, 1.807) is 0 Å². The third-order valence-corrected chi connectivity index (χ3v) is 3.28. The molecule has 0 saturated carbocycles. The number of aromatic nitrogens is 1. The summed E-state index contributed by atoms with van der Waals surface area (Å²) in [6, 6.07) is 7.86. The molecule has 2 aromatic rings. The molecule has 0 atom stereocenters. The van der Waals surface area contributed by atoms with Gasteiger partial charge in [0.1, 0.15) is 6.20 Å². The van der Waals surface area contributed by atoms with Gasteiger partial charge in [-0.2, -0.15) is 0 Å². The summed E-state index contributed by atoms with van der Waals surface area (Å²) in [5.41, 5.74) is 7.66. The van der Waals surface area contributed by atoms with Gasteiger partial charge in [0.15, 0.2) is 5.13 Å². The molecule has 0 radical (unpaired) electrons. The van der Waals surface area contributed by atoms with E-state index in [0.717, 1.165) is 22.5 Å². The van der Waals surface area contributed by atoms with E-state index in [1.165, 1.54) is 6.20 Å². The Bertz CT molecular complexity index is 538. The molecular formula is C11H12N4O2S. The quantitative estimate of drug-likeness (QED) is 0.637. The molecule has 7 heteroatoms. The lowest BCUT2D eigenvalue weighted by atomic mass is 10.1. The number of nitrogens with two attached hydrogens (primary N) is 1. The molecule has 94 valence electrons. The Balaban J connectivity index is 1.95. The predicted octanol–water partition coefficient (Wildman–Crippen LogP) is 2.12. The smallest absolute Gasteiger partial charge is 0.345 e. The zero-order valence-corrected chi connectivity index (χ0v) is 10.3. The van der Waals surface area contributed by atoms with E-state index in [4.69, 9.17) is 5.73 Å². The largest absolute Gasteiger partial charge is 0.357 e. The number of rotatable bonds is 5. The number of hydrogen-bond donors (Lipinski definition) is 2. The molecule has 3 N–H and O–H groups in total. The van der Waals surface area contributed by atoms with Gasteiger partial charge in [-0.25, -0.2) is 4.98 Å². The Morgan fingerprint density at radius 2 is 2.00 bits per heavy atom. The monoisotopic (exact) mass is 264 g/mol. The number of hydrogen-bond acceptors (Lipinski definition) is 6. The summed E-state index contributed by atoms with van der Waals surface area (Å²) in [5.74, 6) is 0. The van der Waals surface area contributed by atoms with Gasteiger partial charge < -0.3 is 11.1 Å². The zero-order valence-electron chi connectivity index (χ0n) is 9.50. The van der Waals surface area contributed by atoms with Crippen LogP contribution in [0.2, 0.25) is 0 Å². The highest BCUT2D eigenvalue weighted by Crippen LogP contribution is 2.25. The minimum Gasteiger partial charge on any atom is -0.357 e. The maximum absolute atomic E-state index is 10.5. The van der Waals surface area contributed by atoms with Crippen LogP contribution in [-0.2, 0) is 13.1 Å². The van der Waals surface area contributed by atoms with Gasteiger partial charge >= 0.3 is 5.00 Å². The van der Waals surface area contributed by atoms with E-state index in [-0.39, 0.29) is 5.00 Å². The average molecular weight is 264 g/mol. The number of benzene rings is 1. The molecular weight excluding hydrogens is 252 g/mol. The molecule has 0 fully saturated rings. The van der Waals surface area contributed by atoms with Crippen LogP contribution in [-0.4, -0.2) is 9.91 Å². The molecule has 2 rings (SSSR count). The number of anilines is 1. The minimum absolute atomic E-state index is 0.0379. The zero-order chi connectivity index (χ0) is 13.0. The first-order valence-corrected chi connectivity index (χ1v) is 6.12. The van der Waals surface area contributed by atoms with Gasteiger partial charge in [0.25, 0.3) is 0 Å². The second-order valence-electron chi connectivity index (χ2n) is 3.63. The van der Waals surface area contributed by atoms with Crippen molar-refractivity contribution in [2.24, 2.45) is 5.73 Å². The fraction of sp³-hybridized carbons (Fsp3) is 0.182. The lowest BCUT2D eigenvalue weighted by molar-refractivity contribution is -0.380. The van der Waals surface area contributed by atoms with Crippen molar-refractivity contribution in [1.29, 1.82) is 0 Å². The first kappa shape index (κ1) is 12.5. The van der Waals surface area contributed by atoms with Gasteiger partial charge in [-0.1, -0.05) is 24.3 Å². The molecule has 0 saturated heterocycles. The summed E-state index contributed by atoms with van der Waals surface area (Å²) >= 11 is 1.03. The van der Waals surface area contributed by atoms with Crippen LogP contribution in [0.4, 0.5) is 10.1 Å². The molecule has 0 aliphatic rings. The maximum Gasteiger partial charge on any atom is 0.345 e. The van der Waals surface area contributed by atoms with Gasteiger partial charge in [-0.05, 0) is 22.5 Å². The van der Waals surface area contributed by atoms with E-state index >= 15 is 0 Å². The number of nitrogens with one attached hydrogen (secondary N) is 1. The Hall–Kier alpha value is -1.99. The second-order valence-corrected chi connectivity index (χ2v) is 4.64. The van der Waals surface area contributed by atoms with Gasteiger partial charge in [0.05, 0.1) is 4.92 Å². The van der Waals surface area contributed by atoms with Crippen molar-refractivity contribution in [2.45, 2.75) is 13.1 Å². The maximum atomic E-state index is 10.5. The summed E-state index contributed by atoms with van der Waals surface area (Å²) in [6.45, 7) is 1.10. The van der Waals surface area contributed by atoms with Gasteiger partial charge in [-0.3, -0.25) is 10.1 Å². The molecule has 18 heavy (non-hydrogen) atoms. The summed E-state index contributed by atoms with van der Waals surface area (Å²) < 4.78 is 0. The summed E-state index contributed by atoms with van der Waals surface area (Å²) in [5, 5.41) is 14.1. The highest BCUT2D eigenvalue weighted by Gasteiger charge is 2.10. The fourth-order valence-corrected chi connectivity index (χ4v) is 2.03. The van der Waals surface area contributed by atoms with Gasteiger partial charge in [0, 0.05) is 13.1 Å². The number of thiazole rings is 1. The highest BCUT2D eigenvalue weighted by molar-refractivity contribution is 7.18. The van der Waals surface area contributed by atoms with E-state index in [0.29, 0.717) is 18.2 Å². The van der Waals surface area contributed by atoms with E-state index in [2.05, 4.69) is 10.3 Å². The summed E-state index contributed by atoms with van der Waals surface area (Å²) in [4.78, 5) is 14.0. The average Bonchev–Trinajstić information content (AvgIpc) is 2.86. The molecule has 1 aromatic carbocycles. The van der Waals surface area contributed by atoms with Crippen LogP contribution in [0.1, 0.15) is 11.1 Å². The predicted molar refractivity (Wildman–Crippen MR) is 70.4 cm³/mol. The summed E-state index contributed by atoms with van der Waals surface area (Å²) in [7, 11) is 0. The Labute approximate surface area is 108 Å². The third-order valence-electron chi connectivity index (χ3n) is 2.38. The molecule has 0 aliphatic carbocycles. The van der Waals surface area contributed by atoms with Gasteiger partial charge in [-0.15, -0.1) is 0 Å². The van der Waals surface area contributed by atoms with Crippen molar-refractivity contribution in [3.63, 3.8) is 0 Å². The fourth-order valence-electron chi connectivity index (χ4n) is 1.40. The van der Waals surface area contributed by atoms with E-state index < -0.39 is 4.92 Å². The van der Waals surface area contributed by atoms with Crippen molar-refractivity contribution in [3.8, 4) is 0 Å². The molecule has 0 aliphatic heterocycles. The van der Waals surface area contributed by atoms with Crippen LogP contribution in [0.15, 0.2) is 30.5 Å². The molecule has 1 heterocycles. The molecule has 1 aromatic heterocycles. The SMILES string of the molecule is NCc1ccc(CNc2ncc([N+](=O)[O-])s2)cc1. The molecule has 0 spiro atoms. The van der Waals surface area contributed by atoms with Crippen molar-refractivity contribution >= 4 is 21.5 Å². The summed E-state index contributed by atoms with van der Waals surface area (Å²) in [6.07, 6.45) is 1.25. The van der Waals surface area contributed by atoms with Crippen LogP contribution in [0.25, 0.3) is 0 Å².